The molecule has 6 heteroatoms. The van der Waals surface area contributed by atoms with Gasteiger partial charge in [-0.2, -0.15) is 15.1 Å². The molecule has 102 valence electrons. The van der Waals surface area contributed by atoms with Crippen LogP contribution in [0.2, 0.25) is 0 Å². The average molecular weight is 260 g/mol. The van der Waals surface area contributed by atoms with Crippen molar-refractivity contribution in [1.29, 1.82) is 0 Å². The maximum absolute atomic E-state index is 4.68. The molecule has 3 rings (SSSR count). The first kappa shape index (κ1) is 12.2. The lowest BCUT2D eigenvalue weighted by molar-refractivity contribution is 0.574. The first-order valence-electron chi connectivity index (χ1n) is 7.08. The SMILES string of the molecule is CCCNc1nc(N2CCCCC2)c2cn[nH]c2n1. The van der Waals surface area contributed by atoms with Crippen LogP contribution in [-0.4, -0.2) is 39.8 Å². The second-order valence-electron chi connectivity index (χ2n) is 4.98. The van der Waals surface area contributed by atoms with E-state index in [1.165, 1.54) is 19.3 Å². The van der Waals surface area contributed by atoms with Gasteiger partial charge in [-0.05, 0) is 25.7 Å². The van der Waals surface area contributed by atoms with E-state index >= 15 is 0 Å². The number of hydrogen-bond donors (Lipinski definition) is 2. The highest BCUT2D eigenvalue weighted by atomic mass is 15.3. The van der Waals surface area contributed by atoms with Crippen molar-refractivity contribution in [2.45, 2.75) is 32.6 Å². The maximum Gasteiger partial charge on any atom is 0.226 e. The highest BCUT2D eigenvalue weighted by Gasteiger charge is 2.17. The van der Waals surface area contributed by atoms with Crippen molar-refractivity contribution in [3.63, 3.8) is 0 Å². The van der Waals surface area contributed by atoms with E-state index in [2.05, 4.69) is 37.3 Å². The number of anilines is 2. The predicted molar refractivity (Wildman–Crippen MR) is 76.5 cm³/mol. The van der Waals surface area contributed by atoms with Crippen LogP contribution in [0.5, 0.6) is 0 Å². The van der Waals surface area contributed by atoms with Crippen LogP contribution >= 0.6 is 0 Å². The number of rotatable bonds is 4. The Morgan fingerprint density at radius 3 is 2.89 bits per heavy atom. The molecule has 0 bridgehead atoms. The van der Waals surface area contributed by atoms with Crippen LogP contribution in [0.15, 0.2) is 6.20 Å². The summed E-state index contributed by atoms with van der Waals surface area (Å²) in [4.78, 5) is 11.5. The van der Waals surface area contributed by atoms with Gasteiger partial charge in [-0.25, -0.2) is 0 Å². The number of nitrogens with zero attached hydrogens (tertiary/aromatic N) is 4. The Labute approximate surface area is 112 Å². The zero-order valence-electron chi connectivity index (χ0n) is 11.3. The fourth-order valence-electron chi connectivity index (χ4n) is 2.48. The van der Waals surface area contributed by atoms with Crippen LogP contribution in [0.25, 0.3) is 11.0 Å². The molecule has 2 aromatic heterocycles. The molecule has 0 spiro atoms. The van der Waals surface area contributed by atoms with E-state index in [4.69, 9.17) is 0 Å². The van der Waals surface area contributed by atoms with Gasteiger partial charge < -0.3 is 10.2 Å². The van der Waals surface area contributed by atoms with Crippen LogP contribution in [0.4, 0.5) is 11.8 Å². The third kappa shape index (κ3) is 2.47. The van der Waals surface area contributed by atoms with Crippen molar-refractivity contribution in [3.05, 3.63) is 6.20 Å². The average Bonchev–Trinajstić information content (AvgIpc) is 2.93. The van der Waals surface area contributed by atoms with Gasteiger partial charge in [0.2, 0.25) is 5.95 Å². The molecule has 0 atom stereocenters. The molecule has 19 heavy (non-hydrogen) atoms. The Bertz CT molecular complexity index is 543. The molecule has 1 fully saturated rings. The summed E-state index contributed by atoms with van der Waals surface area (Å²) in [5.74, 6) is 1.70. The summed E-state index contributed by atoms with van der Waals surface area (Å²) in [5, 5.41) is 11.3. The summed E-state index contributed by atoms with van der Waals surface area (Å²) in [6, 6.07) is 0. The molecular formula is C13H20N6. The zero-order chi connectivity index (χ0) is 13.1. The van der Waals surface area contributed by atoms with Gasteiger partial charge in [0.1, 0.15) is 5.82 Å². The Morgan fingerprint density at radius 2 is 2.11 bits per heavy atom. The Hall–Kier alpha value is -1.85. The number of aromatic amines is 1. The third-order valence-corrected chi connectivity index (χ3v) is 3.48. The predicted octanol–water partition coefficient (Wildman–Crippen LogP) is 2.17. The van der Waals surface area contributed by atoms with Crippen molar-refractivity contribution >= 4 is 22.8 Å². The summed E-state index contributed by atoms with van der Waals surface area (Å²) in [5.41, 5.74) is 0.814. The maximum atomic E-state index is 4.68. The van der Waals surface area contributed by atoms with E-state index in [0.717, 1.165) is 42.9 Å². The molecule has 2 N–H and O–H groups in total. The summed E-state index contributed by atoms with van der Waals surface area (Å²) < 4.78 is 0. The smallest absolute Gasteiger partial charge is 0.226 e. The second-order valence-corrected chi connectivity index (χ2v) is 4.98. The summed E-state index contributed by atoms with van der Waals surface area (Å²) in [6.07, 6.45) is 6.67. The highest BCUT2D eigenvalue weighted by Crippen LogP contribution is 2.26. The molecule has 0 aromatic carbocycles. The number of H-pyrrole nitrogens is 1. The normalized spacial score (nSPS) is 15.9. The number of piperidine rings is 1. The van der Waals surface area contributed by atoms with Crippen LogP contribution in [-0.2, 0) is 0 Å². The molecule has 2 aromatic rings. The standard InChI is InChI=1S/C13H20N6/c1-2-6-14-13-16-11-10(9-15-18-11)12(17-13)19-7-4-3-5-8-19/h9H,2-8H2,1H3,(H2,14,15,16,17,18). The van der Waals surface area contributed by atoms with Gasteiger partial charge in [0.05, 0.1) is 11.6 Å². The highest BCUT2D eigenvalue weighted by molar-refractivity contribution is 5.87. The Balaban J connectivity index is 1.97. The number of fused-ring (bicyclic) bond motifs is 1. The fourth-order valence-corrected chi connectivity index (χ4v) is 2.48. The monoisotopic (exact) mass is 260 g/mol. The Morgan fingerprint density at radius 1 is 1.26 bits per heavy atom. The van der Waals surface area contributed by atoms with Gasteiger partial charge >= 0.3 is 0 Å². The molecule has 1 aliphatic heterocycles. The molecule has 0 amide bonds. The molecule has 3 heterocycles. The van der Waals surface area contributed by atoms with Gasteiger partial charge in [0, 0.05) is 19.6 Å². The minimum Gasteiger partial charge on any atom is -0.356 e. The van der Waals surface area contributed by atoms with Gasteiger partial charge in [-0.3, -0.25) is 5.10 Å². The summed E-state index contributed by atoms with van der Waals surface area (Å²) in [6.45, 7) is 5.17. The van der Waals surface area contributed by atoms with Gasteiger partial charge in [-0.15, -0.1) is 0 Å². The van der Waals surface area contributed by atoms with E-state index in [-0.39, 0.29) is 0 Å². The minimum absolute atomic E-state index is 0.694. The fraction of sp³-hybridized carbons (Fsp3) is 0.615. The van der Waals surface area contributed by atoms with Crippen LogP contribution in [0.1, 0.15) is 32.6 Å². The largest absolute Gasteiger partial charge is 0.356 e. The quantitative estimate of drug-likeness (QED) is 0.881. The lowest BCUT2D eigenvalue weighted by atomic mass is 10.1. The van der Waals surface area contributed by atoms with E-state index in [1.54, 1.807) is 0 Å². The third-order valence-electron chi connectivity index (χ3n) is 3.48. The van der Waals surface area contributed by atoms with Crippen molar-refractivity contribution < 1.29 is 0 Å². The van der Waals surface area contributed by atoms with Crippen LogP contribution in [0.3, 0.4) is 0 Å². The first-order valence-corrected chi connectivity index (χ1v) is 7.08. The van der Waals surface area contributed by atoms with Crippen molar-refractivity contribution in [3.8, 4) is 0 Å². The van der Waals surface area contributed by atoms with Gasteiger partial charge in [0.15, 0.2) is 5.65 Å². The van der Waals surface area contributed by atoms with Gasteiger partial charge in [0.25, 0.3) is 0 Å². The second kappa shape index (κ2) is 5.42. The van der Waals surface area contributed by atoms with E-state index < -0.39 is 0 Å². The molecule has 0 saturated carbocycles. The summed E-state index contributed by atoms with van der Waals surface area (Å²) >= 11 is 0. The van der Waals surface area contributed by atoms with E-state index in [0.29, 0.717) is 5.95 Å². The lowest BCUT2D eigenvalue weighted by Crippen LogP contribution is -2.30. The molecule has 0 aliphatic carbocycles. The molecule has 0 unspecified atom stereocenters. The van der Waals surface area contributed by atoms with Crippen molar-refractivity contribution in [1.82, 2.24) is 20.2 Å². The zero-order valence-corrected chi connectivity index (χ0v) is 11.3. The molecule has 6 nitrogen and oxygen atoms in total. The number of hydrogen-bond acceptors (Lipinski definition) is 5. The van der Waals surface area contributed by atoms with Crippen molar-refractivity contribution in [2.75, 3.05) is 29.9 Å². The number of nitrogens with one attached hydrogen (secondary N) is 2. The first-order chi connectivity index (χ1) is 9.38. The summed E-state index contributed by atoms with van der Waals surface area (Å²) in [7, 11) is 0. The van der Waals surface area contributed by atoms with Gasteiger partial charge in [-0.1, -0.05) is 6.92 Å². The van der Waals surface area contributed by atoms with E-state index in [1.807, 2.05) is 6.20 Å². The van der Waals surface area contributed by atoms with Crippen LogP contribution in [0, 0.1) is 0 Å². The topological polar surface area (TPSA) is 69.7 Å². The van der Waals surface area contributed by atoms with E-state index in [9.17, 15) is 0 Å². The number of aromatic nitrogens is 4. The molecule has 1 aliphatic rings. The Kier molecular flexibility index (Phi) is 3.48. The lowest BCUT2D eigenvalue weighted by Gasteiger charge is -2.28. The molecular weight excluding hydrogens is 240 g/mol. The molecule has 1 saturated heterocycles. The van der Waals surface area contributed by atoms with Crippen molar-refractivity contribution in [2.24, 2.45) is 0 Å². The molecule has 0 radical (unpaired) electrons. The van der Waals surface area contributed by atoms with Crippen LogP contribution < -0.4 is 10.2 Å². The minimum atomic E-state index is 0.694.